The third-order valence-electron chi connectivity index (χ3n) is 5.08. The van der Waals surface area contributed by atoms with E-state index in [1.165, 1.54) is 7.11 Å². The molecule has 0 spiro atoms. The molecule has 0 saturated carbocycles. The van der Waals surface area contributed by atoms with Gasteiger partial charge in [0.15, 0.2) is 0 Å². The van der Waals surface area contributed by atoms with Crippen LogP contribution in [-0.2, 0) is 6.54 Å². The van der Waals surface area contributed by atoms with Crippen molar-refractivity contribution < 1.29 is 19.1 Å². The van der Waals surface area contributed by atoms with Gasteiger partial charge in [0.25, 0.3) is 5.91 Å². The van der Waals surface area contributed by atoms with Crippen molar-refractivity contribution in [1.29, 1.82) is 0 Å². The number of fused-ring (bicyclic) bond motifs is 1. The molecular weight excluding hydrogens is 412 g/mol. The molecule has 3 aromatic rings. The van der Waals surface area contributed by atoms with E-state index in [2.05, 4.69) is 20.9 Å². The first-order valence-electron chi connectivity index (χ1n) is 10.4. The smallest absolute Gasteiger partial charge is 0.319 e. The lowest BCUT2D eigenvalue weighted by Gasteiger charge is -2.18. The predicted molar refractivity (Wildman–Crippen MR) is 121 cm³/mol. The fourth-order valence-corrected chi connectivity index (χ4v) is 3.31. The van der Waals surface area contributed by atoms with Gasteiger partial charge in [0.1, 0.15) is 17.0 Å². The SMILES string of the molecule is CCN(CC)C(=O)c1ccc2c(c1)nnn2CCNC(=O)Nc1ccc(OC)cc1OC. The number of methoxy groups -OCH3 is 2. The molecule has 0 bridgehead atoms. The number of carbonyl (C=O) groups excluding carboxylic acids is 2. The maximum Gasteiger partial charge on any atom is 0.319 e. The second kappa shape index (κ2) is 10.5. The molecule has 0 radical (unpaired) electrons. The molecule has 0 fully saturated rings. The van der Waals surface area contributed by atoms with Crippen molar-refractivity contribution in [2.75, 3.05) is 39.2 Å². The number of urea groups is 1. The van der Waals surface area contributed by atoms with Gasteiger partial charge in [-0.3, -0.25) is 4.79 Å². The molecule has 170 valence electrons. The Balaban J connectivity index is 1.60. The van der Waals surface area contributed by atoms with Gasteiger partial charge in [-0.05, 0) is 44.2 Å². The van der Waals surface area contributed by atoms with Gasteiger partial charge in [-0.2, -0.15) is 0 Å². The van der Waals surface area contributed by atoms with Crippen LogP contribution in [0, 0.1) is 0 Å². The molecule has 0 aliphatic carbocycles. The highest BCUT2D eigenvalue weighted by atomic mass is 16.5. The van der Waals surface area contributed by atoms with Gasteiger partial charge in [0.05, 0.1) is 32.0 Å². The summed E-state index contributed by atoms with van der Waals surface area (Å²) in [5.74, 6) is 1.10. The molecule has 0 aliphatic heterocycles. The highest BCUT2D eigenvalue weighted by Gasteiger charge is 2.15. The van der Waals surface area contributed by atoms with Crippen molar-refractivity contribution in [3.63, 3.8) is 0 Å². The fourth-order valence-electron chi connectivity index (χ4n) is 3.31. The number of carbonyl (C=O) groups is 2. The second-order valence-corrected chi connectivity index (χ2v) is 6.94. The van der Waals surface area contributed by atoms with E-state index in [1.807, 2.05) is 19.9 Å². The molecular formula is C22H28N6O4. The van der Waals surface area contributed by atoms with Crippen LogP contribution < -0.4 is 20.1 Å². The van der Waals surface area contributed by atoms with Crippen molar-refractivity contribution in [3.05, 3.63) is 42.0 Å². The number of ether oxygens (including phenoxy) is 2. The first kappa shape index (κ1) is 22.9. The average molecular weight is 441 g/mol. The Labute approximate surface area is 186 Å². The number of amides is 3. The predicted octanol–water partition coefficient (Wildman–Crippen LogP) is 2.75. The molecule has 2 N–H and O–H groups in total. The van der Waals surface area contributed by atoms with Crippen molar-refractivity contribution in [2.24, 2.45) is 0 Å². The third-order valence-corrected chi connectivity index (χ3v) is 5.08. The molecule has 2 aromatic carbocycles. The monoisotopic (exact) mass is 440 g/mol. The number of rotatable bonds is 9. The Morgan fingerprint density at radius 1 is 1.06 bits per heavy atom. The van der Waals surface area contributed by atoms with Gasteiger partial charge in [0, 0.05) is 31.3 Å². The minimum Gasteiger partial charge on any atom is -0.497 e. The molecule has 10 nitrogen and oxygen atoms in total. The van der Waals surface area contributed by atoms with E-state index >= 15 is 0 Å². The highest BCUT2D eigenvalue weighted by molar-refractivity contribution is 5.97. The molecule has 1 heterocycles. The van der Waals surface area contributed by atoms with Crippen LogP contribution in [0.25, 0.3) is 11.0 Å². The summed E-state index contributed by atoms with van der Waals surface area (Å²) in [5.41, 5.74) is 2.54. The van der Waals surface area contributed by atoms with Crippen LogP contribution in [0.5, 0.6) is 11.5 Å². The van der Waals surface area contributed by atoms with E-state index in [1.54, 1.807) is 47.0 Å². The fraction of sp³-hybridized carbons (Fsp3) is 0.364. The Kier molecular flexibility index (Phi) is 7.48. The lowest BCUT2D eigenvalue weighted by Crippen LogP contribution is -2.31. The Morgan fingerprint density at radius 2 is 1.84 bits per heavy atom. The normalized spacial score (nSPS) is 10.6. The summed E-state index contributed by atoms with van der Waals surface area (Å²) in [6.07, 6.45) is 0. The van der Waals surface area contributed by atoms with Crippen molar-refractivity contribution in [2.45, 2.75) is 20.4 Å². The number of benzene rings is 2. The Bertz CT molecular complexity index is 1090. The van der Waals surface area contributed by atoms with Crippen LogP contribution >= 0.6 is 0 Å². The third kappa shape index (κ3) is 5.08. The quantitative estimate of drug-likeness (QED) is 0.529. The second-order valence-electron chi connectivity index (χ2n) is 6.94. The van der Waals surface area contributed by atoms with Gasteiger partial charge in [0.2, 0.25) is 0 Å². The first-order valence-corrected chi connectivity index (χ1v) is 10.4. The molecule has 0 aliphatic rings. The molecule has 32 heavy (non-hydrogen) atoms. The largest absolute Gasteiger partial charge is 0.497 e. The van der Waals surface area contributed by atoms with E-state index in [9.17, 15) is 9.59 Å². The van der Waals surface area contributed by atoms with E-state index in [-0.39, 0.29) is 11.9 Å². The van der Waals surface area contributed by atoms with E-state index in [4.69, 9.17) is 9.47 Å². The van der Waals surface area contributed by atoms with Gasteiger partial charge >= 0.3 is 6.03 Å². The summed E-state index contributed by atoms with van der Waals surface area (Å²) in [6, 6.07) is 10.1. The van der Waals surface area contributed by atoms with Crippen LogP contribution in [0.3, 0.4) is 0 Å². The molecule has 1 aromatic heterocycles. The highest BCUT2D eigenvalue weighted by Crippen LogP contribution is 2.28. The van der Waals surface area contributed by atoms with E-state index in [0.717, 1.165) is 5.52 Å². The summed E-state index contributed by atoms with van der Waals surface area (Å²) in [6.45, 7) is 5.95. The number of aromatic nitrogens is 3. The molecule has 0 saturated heterocycles. The van der Waals surface area contributed by atoms with E-state index in [0.29, 0.717) is 54.4 Å². The summed E-state index contributed by atoms with van der Waals surface area (Å²) in [4.78, 5) is 26.6. The van der Waals surface area contributed by atoms with Crippen LogP contribution in [0.4, 0.5) is 10.5 Å². The maximum absolute atomic E-state index is 12.5. The summed E-state index contributed by atoms with van der Waals surface area (Å²) < 4.78 is 12.1. The zero-order valence-electron chi connectivity index (χ0n) is 18.7. The lowest BCUT2D eigenvalue weighted by molar-refractivity contribution is 0.0773. The molecule has 3 amide bonds. The zero-order chi connectivity index (χ0) is 23.1. The van der Waals surface area contributed by atoms with Gasteiger partial charge < -0.3 is 25.0 Å². The first-order chi connectivity index (χ1) is 15.5. The molecule has 10 heteroatoms. The van der Waals surface area contributed by atoms with Gasteiger partial charge in [-0.15, -0.1) is 5.10 Å². The summed E-state index contributed by atoms with van der Waals surface area (Å²) in [5, 5.41) is 13.8. The van der Waals surface area contributed by atoms with Crippen LogP contribution in [0.15, 0.2) is 36.4 Å². The van der Waals surface area contributed by atoms with Gasteiger partial charge in [-0.1, -0.05) is 5.21 Å². The maximum atomic E-state index is 12.5. The van der Waals surface area contributed by atoms with Crippen molar-refractivity contribution in [1.82, 2.24) is 25.2 Å². The molecule has 0 atom stereocenters. The standard InChI is InChI=1S/C22H28N6O4/c1-5-27(6-2)21(29)15-7-10-19-18(13-15)25-26-28(19)12-11-23-22(30)24-17-9-8-16(31-3)14-20(17)32-4/h7-10,13-14H,5-6,11-12H2,1-4H3,(H2,23,24,30). The molecule has 3 rings (SSSR count). The Hall–Kier alpha value is -3.82. The summed E-state index contributed by atoms with van der Waals surface area (Å²) >= 11 is 0. The molecule has 0 unspecified atom stereocenters. The van der Waals surface area contributed by atoms with Crippen LogP contribution in [0.1, 0.15) is 24.2 Å². The number of anilines is 1. The number of hydrogen-bond donors (Lipinski definition) is 2. The van der Waals surface area contributed by atoms with Gasteiger partial charge in [-0.25, -0.2) is 9.48 Å². The van der Waals surface area contributed by atoms with Crippen molar-refractivity contribution in [3.8, 4) is 11.5 Å². The lowest BCUT2D eigenvalue weighted by atomic mass is 10.1. The number of nitrogens with one attached hydrogen (secondary N) is 2. The number of nitrogens with zero attached hydrogens (tertiary/aromatic N) is 4. The van der Waals surface area contributed by atoms with Crippen LogP contribution in [-0.4, -0.2) is 65.7 Å². The average Bonchev–Trinajstić information content (AvgIpc) is 3.22. The topological polar surface area (TPSA) is 111 Å². The minimum atomic E-state index is -0.370. The zero-order valence-corrected chi connectivity index (χ0v) is 18.7. The number of hydrogen-bond acceptors (Lipinski definition) is 6. The van der Waals surface area contributed by atoms with Crippen LogP contribution in [0.2, 0.25) is 0 Å². The van der Waals surface area contributed by atoms with E-state index < -0.39 is 0 Å². The summed E-state index contributed by atoms with van der Waals surface area (Å²) in [7, 11) is 3.08. The minimum absolute atomic E-state index is 0.0289. The van der Waals surface area contributed by atoms with Crippen molar-refractivity contribution >= 4 is 28.7 Å². The Morgan fingerprint density at radius 3 is 2.53 bits per heavy atom.